The maximum atomic E-state index is 12.7. The van der Waals surface area contributed by atoms with E-state index in [4.69, 9.17) is 9.47 Å². The highest BCUT2D eigenvalue weighted by Gasteiger charge is 2.29. The summed E-state index contributed by atoms with van der Waals surface area (Å²) in [6.07, 6.45) is 1.31. The molecule has 0 aromatic heterocycles. The van der Waals surface area contributed by atoms with E-state index in [-0.39, 0.29) is 11.9 Å². The Morgan fingerprint density at radius 2 is 1.70 bits per heavy atom. The fourth-order valence-electron chi connectivity index (χ4n) is 4.61. The van der Waals surface area contributed by atoms with E-state index in [0.29, 0.717) is 18.7 Å². The highest BCUT2D eigenvalue weighted by molar-refractivity contribution is 5.78. The van der Waals surface area contributed by atoms with Crippen molar-refractivity contribution in [2.45, 2.75) is 32.4 Å². The summed E-state index contributed by atoms with van der Waals surface area (Å²) in [5, 5.41) is 3.18. The lowest BCUT2D eigenvalue weighted by molar-refractivity contribution is -0.120. The van der Waals surface area contributed by atoms with Crippen molar-refractivity contribution in [3.8, 4) is 11.5 Å². The molecule has 5 heteroatoms. The van der Waals surface area contributed by atoms with Gasteiger partial charge < -0.3 is 14.8 Å². The number of carbonyl (C=O) groups excluding carboxylic acids is 1. The molecule has 0 aliphatic carbocycles. The highest BCUT2D eigenvalue weighted by Crippen LogP contribution is 2.38. The summed E-state index contributed by atoms with van der Waals surface area (Å²) in [6, 6.07) is 22.7. The minimum atomic E-state index is 0.0318. The molecule has 4 rings (SSSR count). The molecule has 1 heterocycles. The largest absolute Gasteiger partial charge is 0.493 e. The lowest BCUT2D eigenvalue weighted by Crippen LogP contribution is -2.42. The smallest absolute Gasteiger partial charge is 0.224 e. The number of hydrogen-bond donors (Lipinski definition) is 1. The minimum Gasteiger partial charge on any atom is -0.493 e. The molecule has 3 aromatic rings. The number of nitrogens with zero attached hydrogens (tertiary/aromatic N) is 1. The molecule has 1 N–H and O–H groups in total. The molecular formula is C28H32N2O3. The van der Waals surface area contributed by atoms with Crippen molar-refractivity contribution in [3.63, 3.8) is 0 Å². The third-order valence-electron chi connectivity index (χ3n) is 6.28. The van der Waals surface area contributed by atoms with Crippen LogP contribution < -0.4 is 14.8 Å². The molecule has 0 radical (unpaired) electrons. The van der Waals surface area contributed by atoms with Gasteiger partial charge in [-0.1, -0.05) is 60.2 Å². The number of nitrogens with one attached hydrogen (secondary N) is 1. The Balaban J connectivity index is 1.58. The molecule has 0 saturated heterocycles. The first kappa shape index (κ1) is 22.9. The molecule has 33 heavy (non-hydrogen) atoms. The normalized spacial score (nSPS) is 15.5. The summed E-state index contributed by atoms with van der Waals surface area (Å²) < 4.78 is 11.1. The van der Waals surface area contributed by atoms with Gasteiger partial charge in [-0.05, 0) is 47.7 Å². The van der Waals surface area contributed by atoms with E-state index in [0.717, 1.165) is 30.8 Å². The van der Waals surface area contributed by atoms with Crippen LogP contribution in [0, 0.1) is 6.92 Å². The minimum absolute atomic E-state index is 0.0318. The van der Waals surface area contributed by atoms with E-state index < -0.39 is 0 Å². The van der Waals surface area contributed by atoms with Crippen LogP contribution in [0.2, 0.25) is 0 Å². The molecule has 1 aliphatic rings. The number of hydrogen-bond acceptors (Lipinski definition) is 4. The number of ether oxygens (including phenoxy) is 2. The van der Waals surface area contributed by atoms with Gasteiger partial charge in [0.1, 0.15) is 0 Å². The first-order chi connectivity index (χ1) is 16.1. The Kier molecular flexibility index (Phi) is 7.30. The highest BCUT2D eigenvalue weighted by atomic mass is 16.5. The predicted molar refractivity (Wildman–Crippen MR) is 131 cm³/mol. The second-order valence-electron chi connectivity index (χ2n) is 8.60. The number of aryl methyl sites for hydroxylation is 1. The molecule has 0 saturated carbocycles. The van der Waals surface area contributed by atoms with E-state index in [2.05, 4.69) is 53.5 Å². The van der Waals surface area contributed by atoms with E-state index in [1.807, 2.05) is 30.3 Å². The van der Waals surface area contributed by atoms with Gasteiger partial charge in [0, 0.05) is 19.6 Å². The summed E-state index contributed by atoms with van der Waals surface area (Å²) in [5.74, 6) is 1.49. The average Bonchev–Trinajstić information content (AvgIpc) is 2.83. The van der Waals surface area contributed by atoms with Gasteiger partial charge in [-0.2, -0.15) is 0 Å². The zero-order valence-electron chi connectivity index (χ0n) is 19.6. The van der Waals surface area contributed by atoms with Crippen molar-refractivity contribution >= 4 is 5.91 Å². The van der Waals surface area contributed by atoms with Gasteiger partial charge in [0.15, 0.2) is 11.5 Å². The van der Waals surface area contributed by atoms with Gasteiger partial charge in [0.05, 0.1) is 26.7 Å². The Bertz CT molecular complexity index is 1100. The van der Waals surface area contributed by atoms with Gasteiger partial charge in [0.25, 0.3) is 0 Å². The lowest BCUT2D eigenvalue weighted by atomic mass is 9.91. The van der Waals surface area contributed by atoms with Crippen LogP contribution in [-0.4, -0.2) is 38.1 Å². The van der Waals surface area contributed by atoms with Crippen molar-refractivity contribution in [1.29, 1.82) is 0 Å². The van der Waals surface area contributed by atoms with Crippen LogP contribution in [0.4, 0.5) is 0 Å². The first-order valence-corrected chi connectivity index (χ1v) is 11.4. The van der Waals surface area contributed by atoms with Gasteiger partial charge in [-0.3, -0.25) is 9.69 Å². The zero-order chi connectivity index (χ0) is 23.2. The summed E-state index contributed by atoms with van der Waals surface area (Å²) in [6.45, 7) is 4.40. The lowest BCUT2D eigenvalue weighted by Gasteiger charge is -2.38. The van der Waals surface area contributed by atoms with Crippen LogP contribution in [0.25, 0.3) is 0 Å². The van der Waals surface area contributed by atoms with E-state index in [1.54, 1.807) is 14.2 Å². The number of methoxy groups -OCH3 is 2. The van der Waals surface area contributed by atoms with Crippen molar-refractivity contribution in [2.75, 3.05) is 27.3 Å². The zero-order valence-corrected chi connectivity index (χ0v) is 19.6. The second kappa shape index (κ2) is 10.5. The molecule has 0 fully saturated rings. The molecule has 0 spiro atoms. The van der Waals surface area contributed by atoms with E-state index in [9.17, 15) is 4.79 Å². The third-order valence-corrected chi connectivity index (χ3v) is 6.28. The quantitative estimate of drug-likeness (QED) is 0.557. The third kappa shape index (κ3) is 5.55. The maximum absolute atomic E-state index is 12.7. The Hall–Kier alpha value is -3.31. The maximum Gasteiger partial charge on any atom is 0.224 e. The Morgan fingerprint density at radius 3 is 2.42 bits per heavy atom. The number of benzene rings is 3. The Morgan fingerprint density at radius 1 is 0.970 bits per heavy atom. The van der Waals surface area contributed by atoms with Crippen LogP contribution in [0.1, 0.15) is 33.9 Å². The van der Waals surface area contributed by atoms with Crippen molar-refractivity contribution in [2.24, 2.45) is 0 Å². The number of fused-ring (bicyclic) bond motifs is 1. The van der Waals surface area contributed by atoms with Crippen LogP contribution in [-0.2, 0) is 24.2 Å². The van der Waals surface area contributed by atoms with Gasteiger partial charge in [0.2, 0.25) is 5.91 Å². The fourth-order valence-corrected chi connectivity index (χ4v) is 4.61. The fraction of sp³-hybridized carbons (Fsp3) is 0.321. The van der Waals surface area contributed by atoms with Gasteiger partial charge in [-0.25, -0.2) is 0 Å². The molecular weight excluding hydrogens is 412 g/mol. The van der Waals surface area contributed by atoms with Gasteiger partial charge >= 0.3 is 0 Å². The summed E-state index contributed by atoms with van der Waals surface area (Å²) in [5.41, 5.74) is 5.98. The van der Waals surface area contributed by atoms with E-state index >= 15 is 0 Å². The van der Waals surface area contributed by atoms with Crippen molar-refractivity contribution in [3.05, 3.63) is 94.5 Å². The standard InChI is InChI=1S/C28H32N2O3/c1-20-8-7-11-22(14-20)19-30-13-12-23-16-26(32-2)27(33-3)17-24(23)25(30)18-29-28(31)15-21-9-5-4-6-10-21/h4-11,14,16-17,25H,12-13,15,18-19H2,1-3H3,(H,29,31). The molecule has 1 atom stereocenters. The van der Waals surface area contributed by atoms with Crippen molar-refractivity contribution < 1.29 is 14.3 Å². The van der Waals surface area contributed by atoms with Crippen LogP contribution in [0.5, 0.6) is 11.5 Å². The van der Waals surface area contributed by atoms with Gasteiger partial charge in [-0.15, -0.1) is 0 Å². The van der Waals surface area contributed by atoms with Crippen LogP contribution in [0.15, 0.2) is 66.7 Å². The molecule has 1 unspecified atom stereocenters. The van der Waals surface area contributed by atoms with Crippen LogP contribution in [0.3, 0.4) is 0 Å². The molecule has 172 valence electrons. The first-order valence-electron chi connectivity index (χ1n) is 11.4. The summed E-state index contributed by atoms with van der Waals surface area (Å²) in [7, 11) is 3.33. The molecule has 1 amide bonds. The second-order valence-corrected chi connectivity index (χ2v) is 8.60. The molecule has 3 aromatic carbocycles. The predicted octanol–water partition coefficient (Wildman–Crippen LogP) is 4.47. The number of carbonyl (C=O) groups is 1. The van der Waals surface area contributed by atoms with Crippen molar-refractivity contribution in [1.82, 2.24) is 10.2 Å². The summed E-state index contributed by atoms with van der Waals surface area (Å²) >= 11 is 0. The summed E-state index contributed by atoms with van der Waals surface area (Å²) in [4.78, 5) is 15.2. The Labute approximate surface area is 196 Å². The SMILES string of the molecule is COc1cc2c(cc1OC)C(CNC(=O)Cc1ccccc1)N(Cc1cccc(C)c1)CC2. The molecule has 1 aliphatic heterocycles. The van der Waals surface area contributed by atoms with Crippen LogP contribution >= 0.6 is 0 Å². The average molecular weight is 445 g/mol. The molecule has 5 nitrogen and oxygen atoms in total. The monoisotopic (exact) mass is 444 g/mol. The number of amides is 1. The topological polar surface area (TPSA) is 50.8 Å². The van der Waals surface area contributed by atoms with E-state index in [1.165, 1.54) is 22.3 Å². The molecule has 0 bridgehead atoms. The number of rotatable bonds is 8.